The molecule has 0 bridgehead atoms. The fraction of sp³-hybridized carbons (Fsp3) is 0.368. The van der Waals surface area contributed by atoms with E-state index >= 15 is 0 Å². The van der Waals surface area contributed by atoms with E-state index in [1.54, 1.807) is 0 Å². The van der Waals surface area contributed by atoms with E-state index in [1.807, 2.05) is 0 Å². The van der Waals surface area contributed by atoms with Gasteiger partial charge in [-0.25, -0.2) is 0 Å². The van der Waals surface area contributed by atoms with Crippen molar-refractivity contribution >= 4 is 5.69 Å². The number of benzene rings is 2. The van der Waals surface area contributed by atoms with E-state index in [4.69, 9.17) is 0 Å². The molecule has 0 aliphatic carbocycles. The summed E-state index contributed by atoms with van der Waals surface area (Å²) >= 11 is 0. The fourth-order valence-corrected chi connectivity index (χ4v) is 3.09. The number of rotatable bonds is 3. The topological polar surface area (TPSA) is 12.0 Å². The van der Waals surface area contributed by atoms with E-state index in [1.165, 1.54) is 39.1 Å². The molecule has 0 spiro atoms. The molecule has 0 saturated heterocycles. The van der Waals surface area contributed by atoms with Gasteiger partial charge in [-0.05, 0) is 75.4 Å². The Morgan fingerprint density at radius 2 is 1.45 bits per heavy atom. The molecule has 1 heteroatoms. The van der Waals surface area contributed by atoms with Crippen LogP contribution in [-0.2, 0) is 0 Å². The molecule has 2 aromatic carbocycles. The predicted molar refractivity (Wildman–Crippen MR) is 88.6 cm³/mol. The number of aryl methyl sites for hydroxylation is 4. The summed E-state index contributed by atoms with van der Waals surface area (Å²) in [5.74, 6) is 0. The van der Waals surface area contributed by atoms with Crippen molar-refractivity contribution in [2.75, 3.05) is 5.32 Å². The third-order valence-electron chi connectivity index (χ3n) is 4.15. The van der Waals surface area contributed by atoms with Crippen LogP contribution in [0.3, 0.4) is 0 Å². The number of nitrogens with one attached hydrogen (secondary N) is 1. The summed E-state index contributed by atoms with van der Waals surface area (Å²) in [5.41, 5.74) is 9.39. The predicted octanol–water partition coefficient (Wildman–Crippen LogP) is 5.40. The Kier molecular flexibility index (Phi) is 4.17. The summed E-state index contributed by atoms with van der Waals surface area (Å²) in [6.45, 7) is 13.2. The lowest BCUT2D eigenvalue weighted by atomic mass is 9.94. The van der Waals surface area contributed by atoms with Crippen molar-refractivity contribution in [1.29, 1.82) is 0 Å². The first-order chi connectivity index (χ1) is 9.40. The molecule has 0 radical (unpaired) electrons. The minimum atomic E-state index is 0.316. The average Bonchev–Trinajstić information content (AvgIpc) is 2.33. The Labute approximate surface area is 123 Å². The van der Waals surface area contributed by atoms with Crippen molar-refractivity contribution < 1.29 is 0 Å². The summed E-state index contributed by atoms with van der Waals surface area (Å²) in [7, 11) is 0. The second kappa shape index (κ2) is 5.70. The van der Waals surface area contributed by atoms with Crippen LogP contribution in [0, 0.1) is 34.6 Å². The fourth-order valence-electron chi connectivity index (χ4n) is 3.09. The molecule has 1 N–H and O–H groups in total. The monoisotopic (exact) mass is 267 g/mol. The molecule has 1 unspecified atom stereocenters. The minimum absolute atomic E-state index is 0.316. The van der Waals surface area contributed by atoms with Crippen molar-refractivity contribution in [2.45, 2.75) is 47.6 Å². The lowest BCUT2D eigenvalue weighted by Crippen LogP contribution is -2.11. The Morgan fingerprint density at radius 1 is 0.850 bits per heavy atom. The molecule has 1 nitrogen and oxygen atoms in total. The van der Waals surface area contributed by atoms with Gasteiger partial charge in [-0.2, -0.15) is 0 Å². The highest BCUT2D eigenvalue weighted by molar-refractivity contribution is 5.56. The van der Waals surface area contributed by atoms with E-state index in [9.17, 15) is 0 Å². The first kappa shape index (κ1) is 14.6. The zero-order valence-corrected chi connectivity index (χ0v) is 13.5. The molecule has 0 aliphatic heterocycles. The molecule has 20 heavy (non-hydrogen) atoms. The summed E-state index contributed by atoms with van der Waals surface area (Å²) in [5, 5.41) is 3.67. The number of hydrogen-bond donors (Lipinski definition) is 1. The van der Waals surface area contributed by atoms with Crippen molar-refractivity contribution in [3.8, 4) is 0 Å². The molecule has 0 saturated carbocycles. The van der Waals surface area contributed by atoms with Gasteiger partial charge in [-0.1, -0.05) is 29.8 Å². The van der Waals surface area contributed by atoms with Crippen LogP contribution in [0.25, 0.3) is 0 Å². The van der Waals surface area contributed by atoms with Crippen LogP contribution < -0.4 is 5.32 Å². The van der Waals surface area contributed by atoms with Gasteiger partial charge in [0.15, 0.2) is 0 Å². The lowest BCUT2D eigenvalue weighted by Gasteiger charge is -2.22. The molecular formula is C19H25N. The second-order valence-electron chi connectivity index (χ2n) is 5.93. The van der Waals surface area contributed by atoms with Gasteiger partial charge in [0.2, 0.25) is 0 Å². The molecule has 106 valence electrons. The normalized spacial score (nSPS) is 12.3. The average molecular weight is 267 g/mol. The molecule has 1 atom stereocenters. The van der Waals surface area contributed by atoms with Crippen LogP contribution >= 0.6 is 0 Å². The zero-order chi connectivity index (χ0) is 14.9. The standard InChI is InChI=1S/C19H25N/c1-12-10-14(3)19(15(4)11-12)17(6)20-18-9-7-8-13(2)16(18)5/h7-11,17,20H,1-6H3. The molecule has 0 fully saturated rings. The second-order valence-corrected chi connectivity index (χ2v) is 5.93. The Morgan fingerprint density at radius 3 is 2.05 bits per heavy atom. The number of anilines is 1. The van der Waals surface area contributed by atoms with Crippen molar-refractivity contribution in [2.24, 2.45) is 0 Å². The zero-order valence-electron chi connectivity index (χ0n) is 13.5. The van der Waals surface area contributed by atoms with Crippen LogP contribution in [0.1, 0.15) is 46.3 Å². The summed E-state index contributed by atoms with van der Waals surface area (Å²) in [4.78, 5) is 0. The van der Waals surface area contributed by atoms with Crippen LogP contribution in [0.5, 0.6) is 0 Å². The van der Waals surface area contributed by atoms with E-state index < -0.39 is 0 Å². The smallest absolute Gasteiger partial charge is 0.0490 e. The first-order valence-electron chi connectivity index (χ1n) is 7.30. The van der Waals surface area contributed by atoms with E-state index in [-0.39, 0.29) is 0 Å². The molecule has 0 aliphatic rings. The highest BCUT2D eigenvalue weighted by Gasteiger charge is 2.13. The van der Waals surface area contributed by atoms with Gasteiger partial charge in [0, 0.05) is 11.7 Å². The van der Waals surface area contributed by atoms with Gasteiger partial charge < -0.3 is 5.32 Å². The molecular weight excluding hydrogens is 242 g/mol. The van der Waals surface area contributed by atoms with E-state index in [0.29, 0.717) is 6.04 Å². The number of hydrogen-bond acceptors (Lipinski definition) is 1. The van der Waals surface area contributed by atoms with Crippen LogP contribution in [0.4, 0.5) is 5.69 Å². The third kappa shape index (κ3) is 2.87. The molecule has 0 heterocycles. The largest absolute Gasteiger partial charge is 0.378 e. The molecule has 0 amide bonds. The lowest BCUT2D eigenvalue weighted by molar-refractivity contribution is 0.859. The summed E-state index contributed by atoms with van der Waals surface area (Å²) < 4.78 is 0. The van der Waals surface area contributed by atoms with E-state index in [2.05, 4.69) is 77.2 Å². The van der Waals surface area contributed by atoms with Crippen LogP contribution in [0.15, 0.2) is 30.3 Å². The maximum Gasteiger partial charge on any atom is 0.0490 e. The van der Waals surface area contributed by atoms with Gasteiger partial charge in [0.25, 0.3) is 0 Å². The van der Waals surface area contributed by atoms with Crippen molar-refractivity contribution in [3.05, 3.63) is 63.7 Å². The Balaban J connectivity index is 2.33. The highest BCUT2D eigenvalue weighted by atomic mass is 14.9. The van der Waals surface area contributed by atoms with Gasteiger partial charge >= 0.3 is 0 Å². The molecule has 2 aromatic rings. The maximum atomic E-state index is 3.67. The Hall–Kier alpha value is -1.76. The van der Waals surface area contributed by atoms with Gasteiger partial charge in [-0.15, -0.1) is 0 Å². The maximum absolute atomic E-state index is 3.67. The van der Waals surface area contributed by atoms with Crippen LogP contribution in [-0.4, -0.2) is 0 Å². The van der Waals surface area contributed by atoms with Gasteiger partial charge in [0.05, 0.1) is 0 Å². The van der Waals surface area contributed by atoms with Crippen molar-refractivity contribution in [3.63, 3.8) is 0 Å². The summed E-state index contributed by atoms with van der Waals surface area (Å²) in [6.07, 6.45) is 0. The third-order valence-corrected chi connectivity index (χ3v) is 4.15. The molecule has 0 aromatic heterocycles. The van der Waals surface area contributed by atoms with E-state index in [0.717, 1.165) is 0 Å². The summed E-state index contributed by atoms with van der Waals surface area (Å²) in [6, 6.07) is 11.3. The SMILES string of the molecule is Cc1cc(C)c(C(C)Nc2cccc(C)c2C)c(C)c1. The highest BCUT2D eigenvalue weighted by Crippen LogP contribution is 2.28. The minimum Gasteiger partial charge on any atom is -0.378 e. The van der Waals surface area contributed by atoms with Crippen LogP contribution in [0.2, 0.25) is 0 Å². The quantitative estimate of drug-likeness (QED) is 0.785. The van der Waals surface area contributed by atoms with Gasteiger partial charge in [-0.3, -0.25) is 0 Å². The molecule has 2 rings (SSSR count). The Bertz CT molecular complexity index is 603. The van der Waals surface area contributed by atoms with Crippen molar-refractivity contribution in [1.82, 2.24) is 0 Å². The van der Waals surface area contributed by atoms with Gasteiger partial charge in [0.1, 0.15) is 0 Å². The first-order valence-corrected chi connectivity index (χ1v) is 7.30.